The van der Waals surface area contributed by atoms with Crippen molar-refractivity contribution in [1.29, 1.82) is 0 Å². The Morgan fingerprint density at radius 1 is 1.16 bits per heavy atom. The predicted octanol–water partition coefficient (Wildman–Crippen LogP) is 3.28. The smallest absolute Gasteiger partial charge is 0.224 e. The molecule has 4 nitrogen and oxygen atoms in total. The van der Waals surface area contributed by atoms with Crippen molar-refractivity contribution >= 4 is 28.3 Å². The molecular weight excluding hydrogens is 262 g/mol. The number of nitrogens with zero attached hydrogens (tertiary/aromatic N) is 3. The topological polar surface area (TPSA) is 38.3 Å². The van der Waals surface area contributed by atoms with Gasteiger partial charge in [-0.25, -0.2) is 4.98 Å². The molecule has 0 amide bonds. The van der Waals surface area contributed by atoms with Crippen LogP contribution in [0.1, 0.15) is 19.3 Å². The molecule has 0 spiro atoms. The summed E-state index contributed by atoms with van der Waals surface area (Å²) in [4.78, 5) is 11.0. The lowest BCUT2D eigenvalue weighted by molar-refractivity contribution is 0.415. The second kappa shape index (κ2) is 5.21. The van der Waals surface area contributed by atoms with E-state index in [2.05, 4.69) is 14.9 Å². The molecule has 1 aliphatic heterocycles. The van der Waals surface area contributed by atoms with Crippen molar-refractivity contribution in [3.05, 3.63) is 23.5 Å². The lowest BCUT2D eigenvalue weighted by atomic mass is 10.1. The number of fused-ring (bicyclic) bond motifs is 1. The van der Waals surface area contributed by atoms with E-state index >= 15 is 0 Å². The maximum atomic E-state index is 6.04. The molecule has 0 aliphatic carbocycles. The second-order valence-corrected chi connectivity index (χ2v) is 5.09. The predicted molar refractivity (Wildman–Crippen MR) is 77.2 cm³/mol. The molecule has 0 N–H and O–H groups in total. The average Bonchev–Trinajstić information content (AvgIpc) is 2.47. The molecule has 1 saturated heterocycles. The molecule has 1 aliphatic rings. The van der Waals surface area contributed by atoms with E-state index in [1.165, 1.54) is 19.3 Å². The number of anilines is 1. The maximum absolute atomic E-state index is 6.04. The van der Waals surface area contributed by atoms with Crippen LogP contribution in [0.5, 0.6) is 5.75 Å². The van der Waals surface area contributed by atoms with E-state index < -0.39 is 0 Å². The molecular formula is C14H16ClN3O. The van der Waals surface area contributed by atoms with Crippen LogP contribution in [0.2, 0.25) is 5.28 Å². The van der Waals surface area contributed by atoms with Gasteiger partial charge < -0.3 is 9.64 Å². The van der Waals surface area contributed by atoms with E-state index in [1.54, 1.807) is 7.11 Å². The summed E-state index contributed by atoms with van der Waals surface area (Å²) in [5.41, 5.74) is 0.862. The van der Waals surface area contributed by atoms with Gasteiger partial charge in [0.25, 0.3) is 0 Å². The summed E-state index contributed by atoms with van der Waals surface area (Å²) >= 11 is 6.04. The number of ether oxygens (including phenoxy) is 1. The third-order valence-electron chi connectivity index (χ3n) is 3.51. The van der Waals surface area contributed by atoms with Gasteiger partial charge in [0.05, 0.1) is 12.6 Å². The van der Waals surface area contributed by atoms with E-state index in [9.17, 15) is 0 Å². The zero-order chi connectivity index (χ0) is 13.2. The van der Waals surface area contributed by atoms with Crippen molar-refractivity contribution in [1.82, 2.24) is 9.97 Å². The number of hydrogen-bond acceptors (Lipinski definition) is 4. The van der Waals surface area contributed by atoms with E-state index in [-0.39, 0.29) is 0 Å². The number of piperidine rings is 1. The van der Waals surface area contributed by atoms with E-state index in [4.69, 9.17) is 16.3 Å². The first-order valence-corrected chi connectivity index (χ1v) is 6.92. The highest BCUT2D eigenvalue weighted by Crippen LogP contribution is 2.30. The fourth-order valence-corrected chi connectivity index (χ4v) is 2.71. The van der Waals surface area contributed by atoms with Gasteiger partial charge in [-0.1, -0.05) is 0 Å². The van der Waals surface area contributed by atoms with Crippen LogP contribution < -0.4 is 9.64 Å². The van der Waals surface area contributed by atoms with Crippen LogP contribution in [0.3, 0.4) is 0 Å². The van der Waals surface area contributed by atoms with Gasteiger partial charge in [-0.15, -0.1) is 0 Å². The van der Waals surface area contributed by atoms with Crippen molar-refractivity contribution in [2.45, 2.75) is 19.3 Å². The van der Waals surface area contributed by atoms with Crippen LogP contribution in [-0.2, 0) is 0 Å². The van der Waals surface area contributed by atoms with Gasteiger partial charge in [-0.3, -0.25) is 0 Å². The zero-order valence-electron chi connectivity index (χ0n) is 10.9. The number of rotatable bonds is 2. The molecule has 1 fully saturated rings. The third-order valence-corrected chi connectivity index (χ3v) is 3.68. The van der Waals surface area contributed by atoms with Gasteiger partial charge in [0, 0.05) is 18.5 Å². The quantitative estimate of drug-likeness (QED) is 0.790. The fourth-order valence-electron chi connectivity index (χ4n) is 2.54. The summed E-state index contributed by atoms with van der Waals surface area (Å²) in [6.45, 7) is 2.05. The van der Waals surface area contributed by atoms with Gasteiger partial charge in [-0.2, -0.15) is 4.98 Å². The summed E-state index contributed by atoms with van der Waals surface area (Å²) in [6.07, 6.45) is 3.69. The van der Waals surface area contributed by atoms with Gasteiger partial charge in [-0.05, 0) is 49.1 Å². The van der Waals surface area contributed by atoms with Crippen molar-refractivity contribution in [2.24, 2.45) is 0 Å². The number of methoxy groups -OCH3 is 1. The number of benzene rings is 1. The number of aromatic nitrogens is 2. The van der Waals surface area contributed by atoms with Crippen LogP contribution in [0.25, 0.3) is 10.9 Å². The minimum Gasteiger partial charge on any atom is -0.497 e. The van der Waals surface area contributed by atoms with Crippen molar-refractivity contribution < 1.29 is 4.74 Å². The molecule has 100 valence electrons. The van der Waals surface area contributed by atoms with Gasteiger partial charge in [0.2, 0.25) is 5.28 Å². The Hall–Kier alpha value is -1.55. The molecule has 0 radical (unpaired) electrons. The summed E-state index contributed by atoms with van der Waals surface area (Å²) < 4.78 is 5.29. The van der Waals surface area contributed by atoms with Crippen LogP contribution in [0, 0.1) is 0 Å². The minimum absolute atomic E-state index is 0.304. The number of hydrogen-bond donors (Lipinski definition) is 0. The second-order valence-electron chi connectivity index (χ2n) is 4.75. The Morgan fingerprint density at radius 3 is 2.68 bits per heavy atom. The van der Waals surface area contributed by atoms with Crippen LogP contribution in [-0.4, -0.2) is 30.2 Å². The zero-order valence-corrected chi connectivity index (χ0v) is 11.7. The summed E-state index contributed by atoms with van der Waals surface area (Å²) in [6, 6.07) is 5.80. The SMILES string of the molecule is COc1ccc2nc(Cl)nc(N3CCCCC3)c2c1. The highest BCUT2D eigenvalue weighted by Gasteiger charge is 2.17. The molecule has 5 heteroatoms. The van der Waals surface area contributed by atoms with Gasteiger partial charge in [0.1, 0.15) is 11.6 Å². The molecule has 1 aromatic heterocycles. The largest absolute Gasteiger partial charge is 0.497 e. The fraction of sp³-hybridized carbons (Fsp3) is 0.429. The lowest BCUT2D eigenvalue weighted by Gasteiger charge is -2.28. The maximum Gasteiger partial charge on any atom is 0.224 e. The normalized spacial score (nSPS) is 15.8. The summed E-state index contributed by atoms with van der Waals surface area (Å²) in [7, 11) is 1.67. The molecule has 2 aromatic rings. The van der Waals surface area contributed by atoms with Crippen molar-refractivity contribution in [3.63, 3.8) is 0 Å². The molecule has 2 heterocycles. The standard InChI is InChI=1S/C14H16ClN3O/c1-19-10-5-6-12-11(9-10)13(17-14(15)16-12)18-7-3-2-4-8-18/h5-6,9H,2-4,7-8H2,1H3. The van der Waals surface area contributed by atoms with Gasteiger partial charge >= 0.3 is 0 Å². The first-order chi connectivity index (χ1) is 9.28. The van der Waals surface area contributed by atoms with Crippen LogP contribution in [0.4, 0.5) is 5.82 Å². The Kier molecular flexibility index (Phi) is 3.42. The Bertz CT molecular complexity index is 597. The highest BCUT2D eigenvalue weighted by atomic mass is 35.5. The lowest BCUT2D eigenvalue weighted by Crippen LogP contribution is -2.30. The van der Waals surface area contributed by atoms with E-state index in [1.807, 2.05) is 18.2 Å². The number of halogens is 1. The molecule has 0 atom stereocenters. The molecule has 0 bridgehead atoms. The van der Waals surface area contributed by atoms with Crippen LogP contribution in [0.15, 0.2) is 18.2 Å². The Balaban J connectivity index is 2.14. The molecule has 0 saturated carbocycles. The van der Waals surface area contributed by atoms with Gasteiger partial charge in [0.15, 0.2) is 0 Å². The summed E-state index contributed by atoms with van der Waals surface area (Å²) in [5, 5.41) is 1.31. The Morgan fingerprint density at radius 2 is 1.95 bits per heavy atom. The molecule has 19 heavy (non-hydrogen) atoms. The first kappa shape index (κ1) is 12.5. The average molecular weight is 278 g/mol. The van der Waals surface area contributed by atoms with E-state index in [0.29, 0.717) is 5.28 Å². The third kappa shape index (κ3) is 2.45. The van der Waals surface area contributed by atoms with Crippen molar-refractivity contribution in [2.75, 3.05) is 25.1 Å². The molecule has 0 unspecified atom stereocenters. The molecule has 3 rings (SSSR count). The highest BCUT2D eigenvalue weighted by molar-refractivity contribution is 6.28. The first-order valence-electron chi connectivity index (χ1n) is 6.54. The van der Waals surface area contributed by atoms with Crippen LogP contribution >= 0.6 is 11.6 Å². The van der Waals surface area contributed by atoms with Crippen molar-refractivity contribution in [3.8, 4) is 5.75 Å². The minimum atomic E-state index is 0.304. The summed E-state index contributed by atoms with van der Waals surface area (Å²) in [5.74, 6) is 1.74. The molecule has 1 aromatic carbocycles. The Labute approximate surface area is 117 Å². The van der Waals surface area contributed by atoms with E-state index in [0.717, 1.165) is 35.6 Å². The monoisotopic (exact) mass is 277 g/mol.